The molecule has 0 spiro atoms. The van der Waals surface area contributed by atoms with Gasteiger partial charge in [-0.25, -0.2) is 12.2 Å². The molecule has 1 aliphatic rings. The van der Waals surface area contributed by atoms with Crippen molar-refractivity contribution in [3.8, 4) is 0 Å². The van der Waals surface area contributed by atoms with E-state index < -0.39 is 15.7 Å². The number of nitrogens with one attached hydrogen (secondary N) is 3. The molecular weight excluding hydrogens is 467 g/mol. The normalized spacial score (nSPS) is 14.0. The van der Waals surface area contributed by atoms with Crippen molar-refractivity contribution in [1.29, 1.82) is 0 Å². The van der Waals surface area contributed by atoms with E-state index in [-0.39, 0.29) is 44.3 Å². The van der Waals surface area contributed by atoms with Gasteiger partial charge in [-0.1, -0.05) is 60.8 Å². The summed E-state index contributed by atoms with van der Waals surface area (Å²) >= 11 is -4.83. The predicted molar refractivity (Wildman–Crippen MR) is 103 cm³/mol. The summed E-state index contributed by atoms with van der Waals surface area (Å²) in [6, 6.07) is 0.403. The van der Waals surface area contributed by atoms with Gasteiger partial charge in [-0.15, -0.1) is 24.5 Å². The van der Waals surface area contributed by atoms with E-state index in [1.54, 1.807) is 0 Å². The molecule has 147 valence electrons. The van der Waals surface area contributed by atoms with Crippen LogP contribution in [0.25, 0.3) is 17.2 Å². The first kappa shape index (κ1) is 36.5. The van der Waals surface area contributed by atoms with Crippen LogP contribution >= 0.6 is 0 Å². The standard InChI is InChI=1S/C5H5.3C4H10N.F3Ge.Zr/c1-2-4-5-3-1;3*1-3-4(2)5;1-4(2)3;/h1-3H,4H2;3*4-5H,3H2,1-2H3;;/q4*-1;;+4. The third-order valence-electron chi connectivity index (χ3n) is 2.42. The molecule has 1 radical (unpaired) electrons. The van der Waals surface area contributed by atoms with Crippen LogP contribution in [0.15, 0.2) is 18.2 Å². The van der Waals surface area contributed by atoms with Gasteiger partial charge in [0.2, 0.25) is 0 Å². The van der Waals surface area contributed by atoms with Crippen molar-refractivity contribution in [2.75, 3.05) is 0 Å². The molecule has 0 aromatic heterocycles. The fourth-order valence-electron chi connectivity index (χ4n) is 0.340. The Morgan fingerprint density at radius 3 is 1.16 bits per heavy atom. The summed E-state index contributed by atoms with van der Waals surface area (Å²) in [5.74, 6) is 0. The van der Waals surface area contributed by atoms with Crippen molar-refractivity contribution in [3.63, 3.8) is 0 Å². The average molecular weight is 502 g/mol. The first-order chi connectivity index (χ1) is 11.0. The van der Waals surface area contributed by atoms with Gasteiger partial charge < -0.3 is 17.2 Å². The minimum Gasteiger partial charge on any atom is 4.00 e. The molecule has 0 aliphatic heterocycles. The summed E-state index contributed by atoms with van der Waals surface area (Å²) < 4.78 is 29.5. The van der Waals surface area contributed by atoms with E-state index in [1.807, 2.05) is 53.7 Å². The maximum Gasteiger partial charge on any atom is 4.00 e. The number of hydrogen-bond acceptors (Lipinski definition) is 0. The maximum absolute atomic E-state index is 9.83. The summed E-state index contributed by atoms with van der Waals surface area (Å²) in [5.41, 5.74) is 20.5. The Labute approximate surface area is 178 Å². The van der Waals surface area contributed by atoms with Crippen molar-refractivity contribution in [2.45, 2.75) is 85.4 Å². The molecule has 0 bridgehead atoms. The zero-order valence-corrected chi connectivity index (χ0v) is 21.0. The molecule has 0 heterocycles. The quantitative estimate of drug-likeness (QED) is 0.280. The largest absolute Gasteiger partial charge is 4.00 e. The van der Waals surface area contributed by atoms with Gasteiger partial charge in [0.25, 0.3) is 0 Å². The van der Waals surface area contributed by atoms with Gasteiger partial charge in [0.1, 0.15) is 0 Å². The molecule has 1 rings (SSSR count). The van der Waals surface area contributed by atoms with Gasteiger partial charge in [0.05, 0.1) is 0 Å². The third-order valence-corrected chi connectivity index (χ3v) is 2.42. The molecule has 0 aromatic carbocycles. The van der Waals surface area contributed by atoms with Gasteiger partial charge in [-0.2, -0.15) is 6.08 Å². The summed E-state index contributed by atoms with van der Waals surface area (Å²) in [4.78, 5) is 0. The second-order valence-corrected chi connectivity index (χ2v) is 6.04. The molecule has 0 aromatic rings. The van der Waals surface area contributed by atoms with E-state index in [1.165, 1.54) is 0 Å². The van der Waals surface area contributed by atoms with Gasteiger partial charge in [0, 0.05) is 0 Å². The number of rotatable bonds is 3. The molecule has 3 N–H and O–H groups in total. The molecular formula is C17H35F3GeN3Zr. The number of hydrogen-bond donors (Lipinski definition) is 0. The Balaban J connectivity index is -0.0000000662. The molecule has 25 heavy (non-hydrogen) atoms. The molecule has 0 fully saturated rings. The van der Waals surface area contributed by atoms with Gasteiger partial charge in [-0.3, -0.25) is 6.08 Å². The third kappa shape index (κ3) is 93.5. The Morgan fingerprint density at radius 2 is 1.12 bits per heavy atom. The molecule has 3 atom stereocenters. The SMILES string of the molecule is CCC(C)[NH-].CCC(C)[NH-].CCC(C)[NH-].[C-]1=CC=CC1.[F][Ge]([F])[F].[Zr+4]. The summed E-state index contributed by atoms with van der Waals surface area (Å²) in [6.45, 7) is 11.7. The van der Waals surface area contributed by atoms with Crippen LogP contribution in [0, 0.1) is 6.08 Å². The van der Waals surface area contributed by atoms with Gasteiger partial charge in [-0.05, 0) is 0 Å². The Morgan fingerprint density at radius 1 is 0.880 bits per heavy atom. The second-order valence-electron chi connectivity index (χ2n) is 5.15. The number of halogens is 3. The molecule has 3 nitrogen and oxygen atoms in total. The summed E-state index contributed by atoms with van der Waals surface area (Å²) in [7, 11) is 0. The zero-order valence-electron chi connectivity index (χ0n) is 16.4. The molecule has 8 heteroatoms. The van der Waals surface area contributed by atoms with Crippen molar-refractivity contribution in [3.05, 3.63) is 41.5 Å². The average Bonchev–Trinajstić information content (AvgIpc) is 3.07. The van der Waals surface area contributed by atoms with Gasteiger partial charge in [0.15, 0.2) is 0 Å². The Hall–Kier alpha value is 0.576. The first-order valence-electron chi connectivity index (χ1n) is 8.23. The zero-order chi connectivity index (χ0) is 20.0. The Kier molecular flexibility index (Phi) is 47.1. The second kappa shape index (κ2) is 32.3. The van der Waals surface area contributed by atoms with E-state index in [0.717, 1.165) is 25.7 Å². The van der Waals surface area contributed by atoms with Crippen LogP contribution in [0.3, 0.4) is 0 Å². The summed E-state index contributed by atoms with van der Waals surface area (Å²) in [6.07, 6.45) is 12.9. The van der Waals surface area contributed by atoms with E-state index in [4.69, 9.17) is 17.2 Å². The van der Waals surface area contributed by atoms with Crippen molar-refractivity contribution in [1.82, 2.24) is 0 Å². The van der Waals surface area contributed by atoms with E-state index in [9.17, 15) is 10.5 Å². The fraction of sp³-hybridized carbons (Fsp3) is 0.765. The van der Waals surface area contributed by atoms with E-state index >= 15 is 0 Å². The van der Waals surface area contributed by atoms with E-state index in [2.05, 4.69) is 12.2 Å². The van der Waals surface area contributed by atoms with Gasteiger partial charge >= 0.3 is 52.4 Å². The topological polar surface area (TPSA) is 71.4 Å². The molecule has 1 aliphatic carbocycles. The monoisotopic (exact) mass is 502 g/mol. The van der Waals surface area contributed by atoms with Crippen LogP contribution in [-0.4, -0.2) is 33.9 Å². The summed E-state index contributed by atoms with van der Waals surface area (Å²) in [5, 5.41) is 0. The van der Waals surface area contributed by atoms with Crippen LogP contribution in [0.5, 0.6) is 0 Å². The Bertz CT molecular complexity index is 234. The predicted octanol–water partition coefficient (Wildman–Crippen LogP) is 7.69. The maximum atomic E-state index is 9.83. The molecule has 0 amide bonds. The molecule has 3 unspecified atom stereocenters. The fourth-order valence-corrected chi connectivity index (χ4v) is 0.340. The number of allylic oxidation sites excluding steroid dienone is 4. The van der Waals surface area contributed by atoms with Crippen LogP contribution in [0.2, 0.25) is 0 Å². The van der Waals surface area contributed by atoms with Crippen LogP contribution < -0.4 is 0 Å². The van der Waals surface area contributed by atoms with Crippen LogP contribution in [0.4, 0.5) is 10.5 Å². The smallest absolute Gasteiger partial charge is 4.00 e. The van der Waals surface area contributed by atoms with Crippen LogP contribution in [-0.2, 0) is 26.2 Å². The van der Waals surface area contributed by atoms with Crippen molar-refractivity contribution in [2.24, 2.45) is 0 Å². The molecule has 0 saturated carbocycles. The molecule has 0 saturated heterocycles. The van der Waals surface area contributed by atoms with Crippen LogP contribution in [0.1, 0.15) is 67.2 Å². The van der Waals surface area contributed by atoms with E-state index in [0.29, 0.717) is 0 Å². The van der Waals surface area contributed by atoms with Crippen molar-refractivity contribution >= 4 is 15.7 Å². The minimum atomic E-state index is -4.83. The minimum absolute atomic E-state index is 0. The first-order valence-corrected chi connectivity index (χ1v) is 10.6. The van der Waals surface area contributed by atoms with Crippen molar-refractivity contribution < 1.29 is 36.7 Å².